The van der Waals surface area contributed by atoms with Gasteiger partial charge in [0.25, 0.3) is 0 Å². The number of halogens is 2. The summed E-state index contributed by atoms with van der Waals surface area (Å²) in [5.74, 6) is 0.0454. The Labute approximate surface area is 122 Å². The van der Waals surface area contributed by atoms with Crippen molar-refractivity contribution >= 4 is 17.6 Å². The molecule has 2 amide bonds. The highest BCUT2D eigenvalue weighted by atomic mass is 35.5. The van der Waals surface area contributed by atoms with Crippen molar-refractivity contribution in [1.29, 1.82) is 0 Å². The van der Waals surface area contributed by atoms with E-state index in [1.807, 2.05) is 0 Å². The van der Waals surface area contributed by atoms with E-state index in [1.54, 1.807) is 12.1 Å². The van der Waals surface area contributed by atoms with Crippen LogP contribution in [-0.2, 0) is 11.3 Å². The first-order valence-corrected chi connectivity index (χ1v) is 7.06. The Morgan fingerprint density at radius 2 is 2.10 bits per heavy atom. The van der Waals surface area contributed by atoms with Gasteiger partial charge in [0, 0.05) is 36.9 Å². The summed E-state index contributed by atoms with van der Waals surface area (Å²) in [5, 5.41) is 5.78. The van der Waals surface area contributed by atoms with Crippen LogP contribution < -0.4 is 10.6 Å². The molecule has 1 aromatic rings. The molecule has 0 radical (unpaired) electrons. The highest BCUT2D eigenvalue weighted by molar-refractivity contribution is 6.30. The van der Waals surface area contributed by atoms with Crippen LogP contribution in [0.5, 0.6) is 0 Å². The molecule has 1 aliphatic rings. The van der Waals surface area contributed by atoms with Crippen molar-refractivity contribution < 1.29 is 13.9 Å². The highest BCUT2D eigenvalue weighted by Gasteiger charge is 2.14. The third-order valence-corrected chi connectivity index (χ3v) is 3.58. The van der Waals surface area contributed by atoms with Crippen LogP contribution in [0.4, 0.5) is 9.18 Å². The van der Waals surface area contributed by atoms with Crippen molar-refractivity contribution in [2.45, 2.75) is 19.4 Å². The Balaban J connectivity index is 1.71. The van der Waals surface area contributed by atoms with Crippen LogP contribution in [0, 0.1) is 11.7 Å². The summed E-state index contributed by atoms with van der Waals surface area (Å²) in [4.78, 5) is 11.6. The molecule has 1 aromatic carbocycles. The van der Waals surface area contributed by atoms with Gasteiger partial charge >= 0.3 is 6.03 Å². The number of hydrogen-bond acceptors (Lipinski definition) is 2. The lowest BCUT2D eigenvalue weighted by atomic mass is 10.0. The summed E-state index contributed by atoms with van der Waals surface area (Å²) in [7, 11) is 0. The van der Waals surface area contributed by atoms with Crippen LogP contribution in [0.15, 0.2) is 18.2 Å². The zero-order chi connectivity index (χ0) is 14.4. The molecule has 0 saturated carbocycles. The second-order valence-electron chi connectivity index (χ2n) is 4.86. The minimum absolute atomic E-state index is 0.141. The third kappa shape index (κ3) is 4.65. The molecule has 0 aliphatic carbocycles. The van der Waals surface area contributed by atoms with Gasteiger partial charge in [-0.2, -0.15) is 0 Å². The highest BCUT2D eigenvalue weighted by Crippen LogP contribution is 2.14. The minimum atomic E-state index is -0.415. The molecule has 1 aliphatic heterocycles. The molecule has 6 heteroatoms. The van der Waals surface area contributed by atoms with E-state index in [9.17, 15) is 9.18 Å². The Bertz CT molecular complexity index is 464. The van der Waals surface area contributed by atoms with Crippen molar-refractivity contribution in [2.24, 2.45) is 5.92 Å². The lowest BCUT2D eigenvalue weighted by Crippen LogP contribution is -2.39. The summed E-state index contributed by atoms with van der Waals surface area (Å²) in [6.45, 7) is 2.27. The second-order valence-corrected chi connectivity index (χ2v) is 5.29. The number of amides is 2. The maximum absolute atomic E-state index is 13.5. The Kier molecular flexibility index (Phi) is 5.61. The molecule has 0 bridgehead atoms. The van der Waals surface area contributed by atoms with Gasteiger partial charge in [-0.15, -0.1) is 0 Å². The lowest BCUT2D eigenvalue weighted by Gasteiger charge is -2.22. The number of carbonyl (C=O) groups is 1. The average molecular weight is 301 g/mol. The summed E-state index contributed by atoms with van der Waals surface area (Å²) < 4.78 is 18.8. The van der Waals surface area contributed by atoms with Gasteiger partial charge in [-0.05, 0) is 30.9 Å². The lowest BCUT2D eigenvalue weighted by molar-refractivity contribution is 0.0669. The number of hydrogen-bond donors (Lipinski definition) is 2. The molecule has 20 heavy (non-hydrogen) atoms. The number of nitrogens with one attached hydrogen (secondary N) is 2. The maximum atomic E-state index is 13.5. The SMILES string of the molecule is O=C(NCc1ccc(Cl)cc1F)NCC1CCOCC1. The van der Waals surface area contributed by atoms with Gasteiger partial charge in [0.05, 0.1) is 0 Å². The Morgan fingerprint density at radius 3 is 2.80 bits per heavy atom. The van der Waals surface area contributed by atoms with Crippen molar-refractivity contribution in [3.05, 3.63) is 34.6 Å². The van der Waals surface area contributed by atoms with Crippen molar-refractivity contribution in [1.82, 2.24) is 10.6 Å². The second kappa shape index (κ2) is 7.45. The van der Waals surface area contributed by atoms with Gasteiger partial charge in [-0.1, -0.05) is 17.7 Å². The van der Waals surface area contributed by atoms with Crippen molar-refractivity contribution in [3.8, 4) is 0 Å². The van der Waals surface area contributed by atoms with Crippen LogP contribution in [0.3, 0.4) is 0 Å². The molecule has 2 rings (SSSR count). The summed E-state index contributed by atoms with van der Waals surface area (Å²) in [6, 6.07) is 4.11. The van der Waals surface area contributed by atoms with Gasteiger partial charge < -0.3 is 15.4 Å². The van der Waals surface area contributed by atoms with Gasteiger partial charge in [-0.3, -0.25) is 0 Å². The summed E-state index contributed by atoms with van der Waals surface area (Å²) >= 11 is 5.67. The number of carbonyl (C=O) groups excluding carboxylic acids is 1. The van der Waals surface area contributed by atoms with E-state index < -0.39 is 5.82 Å². The maximum Gasteiger partial charge on any atom is 0.315 e. The minimum Gasteiger partial charge on any atom is -0.381 e. The first-order chi connectivity index (χ1) is 9.65. The zero-order valence-electron chi connectivity index (χ0n) is 11.1. The van der Waals surface area contributed by atoms with Crippen LogP contribution in [0.25, 0.3) is 0 Å². The molecule has 0 spiro atoms. The number of benzene rings is 1. The number of urea groups is 1. The van der Waals surface area contributed by atoms with E-state index in [0.29, 0.717) is 23.0 Å². The number of ether oxygens (including phenoxy) is 1. The molecule has 0 atom stereocenters. The zero-order valence-corrected chi connectivity index (χ0v) is 11.9. The largest absolute Gasteiger partial charge is 0.381 e. The molecule has 4 nitrogen and oxygen atoms in total. The van der Waals surface area contributed by atoms with Gasteiger partial charge in [0.15, 0.2) is 0 Å². The molecular formula is C14H18ClFN2O2. The molecular weight excluding hydrogens is 283 g/mol. The predicted molar refractivity (Wildman–Crippen MR) is 75.2 cm³/mol. The van der Waals surface area contributed by atoms with E-state index in [1.165, 1.54) is 6.07 Å². The average Bonchev–Trinajstić information content (AvgIpc) is 2.45. The summed E-state index contributed by atoms with van der Waals surface area (Å²) in [6.07, 6.45) is 1.93. The molecule has 0 aromatic heterocycles. The molecule has 1 saturated heterocycles. The molecule has 110 valence electrons. The fourth-order valence-corrected chi connectivity index (χ4v) is 2.25. The fourth-order valence-electron chi connectivity index (χ4n) is 2.09. The molecule has 1 heterocycles. The van der Waals surface area contributed by atoms with E-state index >= 15 is 0 Å². The van der Waals surface area contributed by atoms with Crippen LogP contribution in [0.2, 0.25) is 5.02 Å². The molecule has 0 unspecified atom stereocenters. The van der Waals surface area contributed by atoms with Crippen LogP contribution in [0.1, 0.15) is 18.4 Å². The van der Waals surface area contributed by atoms with Gasteiger partial charge in [0.2, 0.25) is 0 Å². The Hall–Kier alpha value is -1.33. The third-order valence-electron chi connectivity index (χ3n) is 3.35. The topological polar surface area (TPSA) is 50.4 Å². The van der Waals surface area contributed by atoms with Crippen LogP contribution in [-0.4, -0.2) is 25.8 Å². The van der Waals surface area contributed by atoms with E-state index in [4.69, 9.17) is 16.3 Å². The van der Waals surface area contributed by atoms with E-state index in [2.05, 4.69) is 10.6 Å². The first-order valence-electron chi connectivity index (χ1n) is 6.68. The van der Waals surface area contributed by atoms with E-state index in [0.717, 1.165) is 26.1 Å². The van der Waals surface area contributed by atoms with Crippen molar-refractivity contribution in [3.63, 3.8) is 0 Å². The fraction of sp³-hybridized carbons (Fsp3) is 0.500. The van der Waals surface area contributed by atoms with Gasteiger partial charge in [-0.25, -0.2) is 9.18 Å². The standard InChI is InChI=1S/C14H18ClFN2O2/c15-12-2-1-11(13(16)7-12)9-18-14(19)17-8-10-3-5-20-6-4-10/h1-2,7,10H,3-6,8-9H2,(H2,17,18,19). The van der Waals surface area contributed by atoms with E-state index in [-0.39, 0.29) is 12.6 Å². The molecule has 1 fully saturated rings. The normalized spacial score (nSPS) is 15.9. The first kappa shape index (κ1) is 15.1. The predicted octanol–water partition coefficient (Wildman–Crippen LogP) is 2.70. The monoisotopic (exact) mass is 300 g/mol. The smallest absolute Gasteiger partial charge is 0.315 e. The van der Waals surface area contributed by atoms with Crippen molar-refractivity contribution in [2.75, 3.05) is 19.8 Å². The quantitative estimate of drug-likeness (QED) is 0.898. The molecule has 2 N–H and O–H groups in total. The van der Waals surface area contributed by atoms with Gasteiger partial charge in [0.1, 0.15) is 5.82 Å². The Morgan fingerprint density at radius 1 is 1.35 bits per heavy atom. The number of rotatable bonds is 4. The summed E-state index contributed by atoms with van der Waals surface area (Å²) in [5.41, 5.74) is 0.413. The van der Waals surface area contributed by atoms with Crippen LogP contribution >= 0.6 is 11.6 Å².